The molecule has 1 fully saturated rings. The molecule has 1 saturated heterocycles. The number of nitrogens with one attached hydrogen (secondary N) is 1. The first-order valence-electron chi connectivity index (χ1n) is 7.81. The topological polar surface area (TPSA) is 28.2 Å². The van der Waals surface area contributed by atoms with Gasteiger partial charge in [-0.3, -0.25) is 0 Å². The Hall–Kier alpha value is -0.450. The van der Waals surface area contributed by atoms with Crippen LogP contribution < -0.4 is 10.2 Å². The summed E-state index contributed by atoms with van der Waals surface area (Å²) in [5.41, 5.74) is 1.15. The van der Waals surface area contributed by atoms with Gasteiger partial charge in [0, 0.05) is 36.8 Å². The first-order chi connectivity index (χ1) is 10.1. The minimum absolute atomic E-state index is 0.648. The van der Waals surface area contributed by atoms with Gasteiger partial charge in [-0.25, -0.2) is 4.98 Å². The van der Waals surface area contributed by atoms with Gasteiger partial charge in [0.15, 0.2) is 0 Å². The van der Waals surface area contributed by atoms with Gasteiger partial charge < -0.3 is 10.2 Å². The number of hydrogen-bond acceptors (Lipinski definition) is 4. The van der Waals surface area contributed by atoms with Crippen molar-refractivity contribution in [2.75, 3.05) is 30.3 Å². The van der Waals surface area contributed by atoms with Gasteiger partial charge in [-0.05, 0) is 30.5 Å². The fraction of sp³-hybridized carbons (Fsp3) is 0.688. The van der Waals surface area contributed by atoms with Crippen LogP contribution in [-0.2, 0) is 6.54 Å². The van der Waals surface area contributed by atoms with Gasteiger partial charge in [0.1, 0.15) is 5.82 Å². The maximum atomic E-state index is 6.28. The second-order valence-corrected chi connectivity index (χ2v) is 7.82. The van der Waals surface area contributed by atoms with Crippen LogP contribution in [0.25, 0.3) is 0 Å². The monoisotopic (exact) mass is 327 g/mol. The molecule has 1 unspecified atom stereocenters. The highest BCUT2D eigenvalue weighted by molar-refractivity contribution is 8.00. The van der Waals surface area contributed by atoms with Crippen LogP contribution in [0, 0.1) is 5.92 Å². The number of halogens is 1. The van der Waals surface area contributed by atoms with Crippen molar-refractivity contribution in [1.29, 1.82) is 0 Å². The lowest BCUT2D eigenvalue weighted by Gasteiger charge is -2.33. The molecule has 3 nitrogen and oxygen atoms in total. The van der Waals surface area contributed by atoms with E-state index in [1.54, 1.807) is 6.20 Å². The van der Waals surface area contributed by atoms with E-state index in [0.717, 1.165) is 47.8 Å². The Balaban J connectivity index is 2.03. The molecule has 21 heavy (non-hydrogen) atoms. The number of rotatable bonds is 6. The lowest BCUT2D eigenvalue weighted by Crippen LogP contribution is -2.38. The third-order valence-electron chi connectivity index (χ3n) is 3.71. The molecule has 1 atom stereocenters. The van der Waals surface area contributed by atoms with Crippen LogP contribution in [0.15, 0.2) is 12.3 Å². The molecule has 1 aromatic rings. The first kappa shape index (κ1) is 16.9. The van der Waals surface area contributed by atoms with Crippen molar-refractivity contribution in [3.63, 3.8) is 0 Å². The molecule has 1 aliphatic rings. The minimum atomic E-state index is 0.648. The maximum Gasteiger partial charge on any atom is 0.128 e. The van der Waals surface area contributed by atoms with Crippen molar-refractivity contribution in [3.05, 3.63) is 22.8 Å². The van der Waals surface area contributed by atoms with Crippen molar-refractivity contribution in [2.24, 2.45) is 5.92 Å². The summed E-state index contributed by atoms with van der Waals surface area (Å²) in [6, 6.07) is 2.15. The number of anilines is 1. The van der Waals surface area contributed by atoms with Gasteiger partial charge in [0.25, 0.3) is 0 Å². The summed E-state index contributed by atoms with van der Waals surface area (Å²) in [5.74, 6) is 2.90. The highest BCUT2D eigenvalue weighted by atomic mass is 35.5. The average Bonchev–Trinajstić information content (AvgIpc) is 2.49. The predicted octanol–water partition coefficient (Wildman–Crippen LogP) is 3.81. The van der Waals surface area contributed by atoms with Crippen LogP contribution in [0.1, 0.15) is 32.8 Å². The summed E-state index contributed by atoms with van der Waals surface area (Å²) in [4.78, 5) is 6.93. The maximum absolute atomic E-state index is 6.28. The molecule has 0 amide bonds. The lowest BCUT2D eigenvalue weighted by atomic mass is 10.2. The van der Waals surface area contributed by atoms with Crippen LogP contribution in [0.4, 0.5) is 5.82 Å². The summed E-state index contributed by atoms with van der Waals surface area (Å²) in [6.07, 6.45) is 3.02. The molecule has 0 saturated carbocycles. The highest BCUT2D eigenvalue weighted by Crippen LogP contribution is 2.26. The van der Waals surface area contributed by atoms with E-state index >= 15 is 0 Å². The number of thioether (sulfide) groups is 1. The molecule has 1 aromatic heterocycles. The molecular formula is C16H26ClN3S. The van der Waals surface area contributed by atoms with E-state index in [1.165, 1.54) is 12.2 Å². The molecule has 0 aromatic carbocycles. The molecule has 0 aliphatic carbocycles. The van der Waals surface area contributed by atoms with Crippen molar-refractivity contribution < 1.29 is 0 Å². The van der Waals surface area contributed by atoms with Gasteiger partial charge in [-0.2, -0.15) is 11.8 Å². The Bertz CT molecular complexity index is 453. The van der Waals surface area contributed by atoms with Crippen molar-refractivity contribution >= 4 is 29.2 Å². The average molecular weight is 328 g/mol. The Kier molecular flexibility index (Phi) is 6.65. The molecule has 0 bridgehead atoms. The van der Waals surface area contributed by atoms with Crippen LogP contribution >= 0.6 is 23.4 Å². The zero-order chi connectivity index (χ0) is 15.2. The molecule has 118 valence electrons. The van der Waals surface area contributed by atoms with Gasteiger partial charge in [0.2, 0.25) is 0 Å². The lowest BCUT2D eigenvalue weighted by molar-refractivity contribution is 0.552. The third kappa shape index (κ3) is 5.04. The number of aromatic nitrogens is 1. The van der Waals surface area contributed by atoms with Crippen molar-refractivity contribution in [2.45, 2.75) is 39.0 Å². The van der Waals surface area contributed by atoms with E-state index in [4.69, 9.17) is 11.6 Å². The standard InChI is InChI=1S/C16H26ClN3S/c1-4-14-11-20(5-6-21-14)16-7-13(15(17)10-19-16)9-18-8-12(2)3/h7,10,12,14,18H,4-6,8-9,11H2,1-3H3. The molecule has 0 spiro atoms. The van der Waals surface area contributed by atoms with Crippen LogP contribution in [0.5, 0.6) is 0 Å². The molecule has 2 heterocycles. The number of hydrogen-bond donors (Lipinski definition) is 1. The zero-order valence-corrected chi connectivity index (χ0v) is 14.8. The highest BCUT2D eigenvalue weighted by Gasteiger charge is 2.20. The summed E-state index contributed by atoms with van der Waals surface area (Å²) in [6.45, 7) is 10.7. The van der Waals surface area contributed by atoms with E-state index in [0.29, 0.717) is 5.92 Å². The SMILES string of the molecule is CCC1CN(c2cc(CNCC(C)C)c(Cl)cn2)CCS1. The molecule has 5 heteroatoms. The fourth-order valence-corrected chi connectivity index (χ4v) is 3.80. The quantitative estimate of drug-likeness (QED) is 0.860. The minimum Gasteiger partial charge on any atom is -0.355 e. The second-order valence-electron chi connectivity index (χ2n) is 6.01. The number of nitrogens with zero attached hydrogens (tertiary/aromatic N) is 2. The van der Waals surface area contributed by atoms with E-state index < -0.39 is 0 Å². The largest absolute Gasteiger partial charge is 0.355 e. The molecule has 1 N–H and O–H groups in total. The molecule has 0 radical (unpaired) electrons. The summed E-state index contributed by atoms with van der Waals surface area (Å²) < 4.78 is 0. The van der Waals surface area contributed by atoms with E-state index in [-0.39, 0.29) is 0 Å². The Morgan fingerprint density at radius 1 is 1.52 bits per heavy atom. The van der Waals surface area contributed by atoms with Gasteiger partial charge in [0.05, 0.1) is 5.02 Å². The van der Waals surface area contributed by atoms with Gasteiger partial charge in [-0.1, -0.05) is 32.4 Å². The van der Waals surface area contributed by atoms with Crippen LogP contribution in [-0.4, -0.2) is 35.6 Å². The first-order valence-corrected chi connectivity index (χ1v) is 9.24. The molecule has 2 rings (SSSR count). The molecule has 1 aliphatic heterocycles. The number of pyridine rings is 1. The summed E-state index contributed by atoms with van der Waals surface area (Å²) in [7, 11) is 0. The van der Waals surface area contributed by atoms with Gasteiger partial charge >= 0.3 is 0 Å². The Labute approximate surface area is 137 Å². The Morgan fingerprint density at radius 2 is 2.33 bits per heavy atom. The van der Waals surface area contributed by atoms with E-state index in [9.17, 15) is 0 Å². The second kappa shape index (κ2) is 8.25. The molecular weight excluding hydrogens is 302 g/mol. The third-order valence-corrected chi connectivity index (χ3v) is 5.42. The van der Waals surface area contributed by atoms with Crippen LogP contribution in [0.2, 0.25) is 5.02 Å². The smallest absolute Gasteiger partial charge is 0.128 e. The predicted molar refractivity (Wildman–Crippen MR) is 94.5 cm³/mol. The fourth-order valence-electron chi connectivity index (χ4n) is 2.45. The van der Waals surface area contributed by atoms with E-state index in [1.807, 2.05) is 0 Å². The van der Waals surface area contributed by atoms with Crippen molar-refractivity contribution in [3.8, 4) is 0 Å². The van der Waals surface area contributed by atoms with Gasteiger partial charge in [-0.15, -0.1) is 0 Å². The van der Waals surface area contributed by atoms with Crippen molar-refractivity contribution in [1.82, 2.24) is 10.3 Å². The Morgan fingerprint density at radius 3 is 3.05 bits per heavy atom. The zero-order valence-electron chi connectivity index (χ0n) is 13.2. The summed E-state index contributed by atoms with van der Waals surface area (Å²) in [5, 5.41) is 4.94. The van der Waals surface area contributed by atoms with E-state index in [2.05, 4.69) is 53.8 Å². The normalized spacial score (nSPS) is 19.3. The van der Waals surface area contributed by atoms with Crippen LogP contribution in [0.3, 0.4) is 0 Å². The summed E-state index contributed by atoms with van der Waals surface area (Å²) >= 11 is 8.36.